The van der Waals surface area contributed by atoms with Crippen LogP contribution >= 0.6 is 0 Å². The van der Waals surface area contributed by atoms with Gasteiger partial charge in [-0.25, -0.2) is 0 Å². The van der Waals surface area contributed by atoms with Crippen LogP contribution in [0.3, 0.4) is 0 Å². The number of aliphatic imine (C=N–C) groups is 1. The van der Waals surface area contributed by atoms with Gasteiger partial charge in [0.15, 0.2) is 5.96 Å². The molecule has 0 radical (unpaired) electrons. The molecule has 0 unspecified atom stereocenters. The molecule has 0 bridgehead atoms. The Balaban J connectivity index is 2.22. The molecule has 0 spiro atoms. The first-order chi connectivity index (χ1) is 7.33. The predicted octanol–water partition coefficient (Wildman–Crippen LogP) is 2.41. The van der Waals surface area contributed by atoms with Gasteiger partial charge in [-0.05, 0) is 19.3 Å². The molecule has 0 amide bonds. The lowest BCUT2D eigenvalue weighted by atomic mass is 10.1. The van der Waals surface area contributed by atoms with Gasteiger partial charge in [-0.15, -0.1) is 0 Å². The van der Waals surface area contributed by atoms with Crippen LogP contribution in [0.15, 0.2) is 4.99 Å². The summed E-state index contributed by atoms with van der Waals surface area (Å²) in [7, 11) is 0. The molecule has 1 saturated carbocycles. The van der Waals surface area contributed by atoms with Crippen molar-refractivity contribution in [2.75, 3.05) is 6.54 Å². The number of hydrogen-bond donors (Lipinski definition) is 2. The Morgan fingerprint density at radius 3 is 2.53 bits per heavy atom. The highest BCUT2D eigenvalue weighted by Gasteiger charge is 2.11. The highest BCUT2D eigenvalue weighted by Crippen LogP contribution is 2.16. The summed E-state index contributed by atoms with van der Waals surface area (Å²) in [5.41, 5.74) is 5.84. The third-order valence-corrected chi connectivity index (χ3v) is 3.00. The van der Waals surface area contributed by atoms with E-state index in [1.165, 1.54) is 44.9 Å². The summed E-state index contributed by atoms with van der Waals surface area (Å²) >= 11 is 0. The molecule has 15 heavy (non-hydrogen) atoms. The third-order valence-electron chi connectivity index (χ3n) is 3.00. The Hall–Kier alpha value is -0.730. The number of hydrogen-bond acceptors (Lipinski definition) is 1. The molecule has 0 saturated heterocycles. The van der Waals surface area contributed by atoms with E-state index in [0.717, 1.165) is 13.0 Å². The summed E-state index contributed by atoms with van der Waals surface area (Å²) in [6.45, 7) is 3.03. The van der Waals surface area contributed by atoms with Crippen LogP contribution < -0.4 is 11.1 Å². The number of unbranched alkanes of at least 4 members (excludes halogenated alkanes) is 1. The van der Waals surface area contributed by atoms with Crippen LogP contribution in [0.25, 0.3) is 0 Å². The Bertz CT molecular complexity index is 181. The standard InChI is InChI=1S/C12H25N3/c1-2-3-10-14-12(13)15-11-8-6-4-5-7-9-11/h11H,2-10H2,1H3,(H3,13,14,15). The number of nitrogens with two attached hydrogens (primary N) is 1. The predicted molar refractivity (Wildman–Crippen MR) is 66.0 cm³/mol. The average Bonchev–Trinajstić information content (AvgIpc) is 2.47. The minimum Gasteiger partial charge on any atom is -0.370 e. The van der Waals surface area contributed by atoms with E-state index >= 15 is 0 Å². The van der Waals surface area contributed by atoms with Crippen molar-refractivity contribution in [2.45, 2.75) is 64.3 Å². The van der Waals surface area contributed by atoms with E-state index < -0.39 is 0 Å². The van der Waals surface area contributed by atoms with Crippen molar-refractivity contribution in [2.24, 2.45) is 10.7 Å². The normalized spacial score (nSPS) is 19.9. The van der Waals surface area contributed by atoms with Crippen molar-refractivity contribution >= 4 is 5.96 Å². The lowest BCUT2D eigenvalue weighted by Crippen LogP contribution is -2.39. The highest BCUT2D eigenvalue weighted by molar-refractivity contribution is 5.78. The fourth-order valence-corrected chi connectivity index (χ4v) is 2.04. The quantitative estimate of drug-likeness (QED) is 0.325. The highest BCUT2D eigenvalue weighted by atomic mass is 15.1. The van der Waals surface area contributed by atoms with Gasteiger partial charge in [-0.1, -0.05) is 39.0 Å². The summed E-state index contributed by atoms with van der Waals surface area (Å²) in [6, 6.07) is 0.567. The average molecular weight is 211 g/mol. The monoisotopic (exact) mass is 211 g/mol. The molecule has 1 aliphatic carbocycles. The molecule has 0 atom stereocenters. The van der Waals surface area contributed by atoms with Crippen LogP contribution in [0.1, 0.15) is 58.3 Å². The zero-order chi connectivity index (χ0) is 10.9. The van der Waals surface area contributed by atoms with Crippen LogP contribution in [0.4, 0.5) is 0 Å². The smallest absolute Gasteiger partial charge is 0.188 e. The lowest BCUT2D eigenvalue weighted by Gasteiger charge is -2.16. The van der Waals surface area contributed by atoms with Gasteiger partial charge in [0.05, 0.1) is 0 Å². The Labute approximate surface area is 93.5 Å². The van der Waals surface area contributed by atoms with Crippen LogP contribution in [0.2, 0.25) is 0 Å². The first-order valence-corrected chi connectivity index (χ1v) is 6.39. The number of nitrogens with zero attached hydrogens (tertiary/aromatic N) is 1. The Morgan fingerprint density at radius 1 is 1.27 bits per heavy atom. The molecule has 88 valence electrons. The molecule has 0 aliphatic heterocycles. The maximum absolute atomic E-state index is 5.84. The fourth-order valence-electron chi connectivity index (χ4n) is 2.04. The second-order valence-corrected chi connectivity index (χ2v) is 4.45. The van der Waals surface area contributed by atoms with Crippen LogP contribution in [-0.2, 0) is 0 Å². The van der Waals surface area contributed by atoms with Crippen molar-refractivity contribution in [1.82, 2.24) is 5.32 Å². The van der Waals surface area contributed by atoms with Crippen molar-refractivity contribution in [3.05, 3.63) is 0 Å². The number of guanidine groups is 1. The number of rotatable bonds is 4. The summed E-state index contributed by atoms with van der Waals surface area (Å²) in [5, 5.41) is 3.35. The van der Waals surface area contributed by atoms with Gasteiger partial charge in [0.1, 0.15) is 0 Å². The zero-order valence-electron chi connectivity index (χ0n) is 9.97. The van der Waals surface area contributed by atoms with E-state index in [0.29, 0.717) is 12.0 Å². The first kappa shape index (κ1) is 12.3. The molecule has 1 fully saturated rings. The summed E-state index contributed by atoms with van der Waals surface area (Å²) in [4.78, 5) is 4.32. The molecule has 0 aromatic carbocycles. The summed E-state index contributed by atoms with van der Waals surface area (Å²) in [5.74, 6) is 0.648. The minimum absolute atomic E-state index is 0.567. The van der Waals surface area contributed by atoms with E-state index in [-0.39, 0.29) is 0 Å². The SMILES string of the molecule is CCCCN=C(N)NC1CCCCCC1. The van der Waals surface area contributed by atoms with Crippen molar-refractivity contribution in [3.63, 3.8) is 0 Å². The summed E-state index contributed by atoms with van der Waals surface area (Å²) in [6.07, 6.45) is 10.2. The zero-order valence-corrected chi connectivity index (χ0v) is 9.97. The second kappa shape index (κ2) is 7.55. The molecule has 3 nitrogen and oxygen atoms in total. The van der Waals surface area contributed by atoms with Gasteiger partial charge in [0.25, 0.3) is 0 Å². The van der Waals surface area contributed by atoms with Gasteiger partial charge < -0.3 is 11.1 Å². The fraction of sp³-hybridized carbons (Fsp3) is 0.917. The molecule has 0 aromatic rings. The molecule has 3 N–H and O–H groups in total. The van der Waals surface area contributed by atoms with Gasteiger partial charge in [0.2, 0.25) is 0 Å². The Morgan fingerprint density at radius 2 is 1.93 bits per heavy atom. The van der Waals surface area contributed by atoms with E-state index in [1.807, 2.05) is 0 Å². The Kier molecular flexibility index (Phi) is 6.21. The summed E-state index contributed by atoms with van der Waals surface area (Å²) < 4.78 is 0. The van der Waals surface area contributed by atoms with Crippen molar-refractivity contribution in [3.8, 4) is 0 Å². The van der Waals surface area contributed by atoms with E-state index in [2.05, 4.69) is 17.2 Å². The van der Waals surface area contributed by atoms with E-state index in [9.17, 15) is 0 Å². The van der Waals surface area contributed by atoms with Gasteiger partial charge in [-0.3, -0.25) is 4.99 Å². The second-order valence-electron chi connectivity index (χ2n) is 4.45. The van der Waals surface area contributed by atoms with Gasteiger partial charge >= 0.3 is 0 Å². The van der Waals surface area contributed by atoms with Crippen LogP contribution in [0.5, 0.6) is 0 Å². The maximum atomic E-state index is 5.84. The first-order valence-electron chi connectivity index (χ1n) is 6.39. The number of nitrogens with one attached hydrogen (secondary N) is 1. The molecule has 0 heterocycles. The van der Waals surface area contributed by atoms with Crippen molar-refractivity contribution < 1.29 is 0 Å². The largest absolute Gasteiger partial charge is 0.370 e. The molecular formula is C12H25N3. The van der Waals surface area contributed by atoms with Crippen LogP contribution in [-0.4, -0.2) is 18.5 Å². The third kappa shape index (κ3) is 5.65. The maximum Gasteiger partial charge on any atom is 0.188 e. The molecule has 1 aliphatic rings. The van der Waals surface area contributed by atoms with Crippen molar-refractivity contribution in [1.29, 1.82) is 0 Å². The topological polar surface area (TPSA) is 50.4 Å². The molecular weight excluding hydrogens is 186 g/mol. The van der Waals surface area contributed by atoms with Gasteiger partial charge in [-0.2, -0.15) is 0 Å². The molecule has 3 heteroatoms. The lowest BCUT2D eigenvalue weighted by molar-refractivity contribution is 0.530. The van der Waals surface area contributed by atoms with Crippen LogP contribution in [0, 0.1) is 0 Å². The van der Waals surface area contributed by atoms with E-state index in [1.54, 1.807) is 0 Å². The minimum atomic E-state index is 0.567. The molecule has 0 aromatic heterocycles. The van der Waals surface area contributed by atoms with E-state index in [4.69, 9.17) is 5.73 Å². The van der Waals surface area contributed by atoms with Gasteiger partial charge in [0, 0.05) is 12.6 Å². The molecule has 1 rings (SSSR count).